The SMILES string of the molecule is COCC(NC(=O)CN1CCOCC1)C(=O)NCC(=O)NC(Cc1ccccc1)C(=O)C1(C)CO1.COc1ccc(C)cc1. The van der Waals surface area contributed by atoms with Crippen molar-refractivity contribution in [3.05, 3.63) is 65.7 Å². The van der Waals surface area contributed by atoms with Gasteiger partial charge in [-0.1, -0.05) is 48.0 Å². The van der Waals surface area contributed by atoms with Gasteiger partial charge in [-0.05, 0) is 38.0 Å². The van der Waals surface area contributed by atoms with Gasteiger partial charge in [0.2, 0.25) is 17.7 Å². The number of nitrogens with zero attached hydrogens (tertiary/aromatic N) is 1. The second kappa shape index (κ2) is 17.5. The molecule has 3 amide bonds. The molecule has 0 saturated carbocycles. The van der Waals surface area contributed by atoms with Gasteiger partial charge in [-0.2, -0.15) is 0 Å². The maximum absolute atomic E-state index is 12.9. The number of methoxy groups -OCH3 is 2. The molecule has 0 radical (unpaired) electrons. The van der Waals surface area contributed by atoms with Crippen molar-refractivity contribution in [2.75, 3.05) is 66.8 Å². The third kappa shape index (κ3) is 11.7. The topological polar surface area (TPSA) is 148 Å². The molecule has 2 saturated heterocycles. The Bertz CT molecular complexity index is 1210. The predicted molar refractivity (Wildman–Crippen MR) is 163 cm³/mol. The molecule has 0 spiro atoms. The number of epoxide rings is 1. The van der Waals surface area contributed by atoms with Gasteiger partial charge in [0.15, 0.2) is 5.78 Å². The lowest BCUT2D eigenvalue weighted by Crippen LogP contribution is -2.54. The van der Waals surface area contributed by atoms with Crippen LogP contribution in [-0.4, -0.2) is 113 Å². The molecule has 12 heteroatoms. The number of rotatable bonds is 14. The van der Waals surface area contributed by atoms with E-state index in [1.54, 1.807) is 14.0 Å². The van der Waals surface area contributed by atoms with E-state index in [0.717, 1.165) is 11.3 Å². The first-order chi connectivity index (χ1) is 21.1. The summed E-state index contributed by atoms with van der Waals surface area (Å²) < 4.78 is 20.6. The summed E-state index contributed by atoms with van der Waals surface area (Å²) in [7, 11) is 3.09. The third-order valence-corrected chi connectivity index (χ3v) is 7.17. The van der Waals surface area contributed by atoms with E-state index in [1.165, 1.54) is 12.7 Å². The van der Waals surface area contributed by atoms with Crippen LogP contribution in [0.2, 0.25) is 0 Å². The number of hydrogen-bond donors (Lipinski definition) is 3. The fraction of sp³-hybridized carbons (Fsp3) is 0.500. The Kier molecular flexibility index (Phi) is 13.7. The highest BCUT2D eigenvalue weighted by Crippen LogP contribution is 2.29. The van der Waals surface area contributed by atoms with Crippen LogP contribution in [-0.2, 0) is 39.8 Å². The average molecular weight is 613 g/mol. The van der Waals surface area contributed by atoms with Crippen molar-refractivity contribution >= 4 is 23.5 Å². The van der Waals surface area contributed by atoms with Crippen molar-refractivity contribution < 1.29 is 38.1 Å². The number of morpholine rings is 1. The first-order valence-electron chi connectivity index (χ1n) is 14.6. The van der Waals surface area contributed by atoms with Gasteiger partial charge < -0.3 is 34.9 Å². The molecule has 4 rings (SSSR count). The van der Waals surface area contributed by atoms with Crippen molar-refractivity contribution in [1.82, 2.24) is 20.9 Å². The zero-order chi connectivity index (χ0) is 32.0. The molecule has 240 valence electrons. The Balaban J connectivity index is 0.000000502. The van der Waals surface area contributed by atoms with Crippen LogP contribution in [0.3, 0.4) is 0 Å². The van der Waals surface area contributed by atoms with Crippen LogP contribution in [0.25, 0.3) is 0 Å². The normalized spacial score (nSPS) is 18.9. The van der Waals surface area contributed by atoms with Crippen LogP contribution >= 0.6 is 0 Å². The molecule has 2 aromatic carbocycles. The first-order valence-corrected chi connectivity index (χ1v) is 14.6. The Morgan fingerprint density at radius 1 is 0.932 bits per heavy atom. The van der Waals surface area contributed by atoms with E-state index in [0.29, 0.717) is 39.3 Å². The molecule has 3 atom stereocenters. The van der Waals surface area contributed by atoms with Gasteiger partial charge in [0.05, 0.1) is 52.7 Å². The minimum Gasteiger partial charge on any atom is -0.497 e. The zero-order valence-corrected chi connectivity index (χ0v) is 25.9. The average Bonchev–Trinajstić information content (AvgIpc) is 3.79. The Morgan fingerprint density at radius 2 is 1.57 bits per heavy atom. The van der Waals surface area contributed by atoms with Gasteiger partial charge in [0.25, 0.3) is 0 Å². The monoisotopic (exact) mass is 612 g/mol. The van der Waals surface area contributed by atoms with E-state index in [1.807, 2.05) is 59.5 Å². The van der Waals surface area contributed by atoms with E-state index in [2.05, 4.69) is 22.9 Å². The van der Waals surface area contributed by atoms with Crippen molar-refractivity contribution in [1.29, 1.82) is 0 Å². The van der Waals surface area contributed by atoms with Gasteiger partial charge in [-0.3, -0.25) is 24.1 Å². The summed E-state index contributed by atoms with van der Waals surface area (Å²) in [4.78, 5) is 52.4. The Labute approximate surface area is 258 Å². The molecule has 2 aliphatic heterocycles. The van der Waals surface area contributed by atoms with Gasteiger partial charge in [-0.15, -0.1) is 0 Å². The fourth-order valence-electron chi connectivity index (χ4n) is 4.44. The molecule has 2 aliphatic rings. The third-order valence-electron chi connectivity index (χ3n) is 7.17. The molecular weight excluding hydrogens is 568 g/mol. The van der Waals surface area contributed by atoms with Crippen molar-refractivity contribution in [3.8, 4) is 5.75 Å². The smallest absolute Gasteiger partial charge is 0.245 e. The number of hydrogen-bond acceptors (Lipinski definition) is 9. The van der Waals surface area contributed by atoms with Crippen LogP contribution in [0.4, 0.5) is 0 Å². The Hall–Kier alpha value is -3.84. The summed E-state index contributed by atoms with van der Waals surface area (Å²) in [6.45, 7) is 6.20. The van der Waals surface area contributed by atoms with E-state index >= 15 is 0 Å². The summed E-state index contributed by atoms with van der Waals surface area (Å²) in [5, 5.41) is 7.88. The Morgan fingerprint density at radius 3 is 2.16 bits per heavy atom. The van der Waals surface area contributed by atoms with Crippen molar-refractivity contribution in [2.45, 2.75) is 38.0 Å². The number of ketones is 1. The molecule has 3 N–H and O–H groups in total. The number of amides is 3. The molecule has 2 fully saturated rings. The number of benzene rings is 2. The minimum absolute atomic E-state index is 0.0485. The maximum atomic E-state index is 12.9. The molecule has 12 nitrogen and oxygen atoms in total. The minimum atomic E-state index is -0.957. The van der Waals surface area contributed by atoms with E-state index in [4.69, 9.17) is 18.9 Å². The van der Waals surface area contributed by atoms with Crippen LogP contribution in [0, 0.1) is 6.92 Å². The van der Waals surface area contributed by atoms with Crippen LogP contribution in [0.5, 0.6) is 5.75 Å². The molecule has 2 heterocycles. The van der Waals surface area contributed by atoms with Crippen LogP contribution in [0.1, 0.15) is 18.1 Å². The number of nitrogens with one attached hydrogen (secondary N) is 3. The number of carbonyl (C=O) groups excluding carboxylic acids is 4. The lowest BCUT2D eigenvalue weighted by atomic mass is 9.95. The molecule has 0 bridgehead atoms. The molecule has 0 aliphatic carbocycles. The van der Waals surface area contributed by atoms with Gasteiger partial charge in [-0.25, -0.2) is 0 Å². The molecule has 0 aromatic heterocycles. The number of ether oxygens (including phenoxy) is 4. The summed E-state index contributed by atoms with van der Waals surface area (Å²) in [5.41, 5.74) is 1.25. The van der Waals surface area contributed by atoms with Crippen LogP contribution < -0.4 is 20.7 Å². The second-order valence-electron chi connectivity index (χ2n) is 10.9. The first kappa shape index (κ1) is 34.6. The second-order valence-corrected chi connectivity index (χ2v) is 10.9. The lowest BCUT2D eigenvalue weighted by molar-refractivity contribution is -0.133. The predicted octanol–water partition coefficient (Wildman–Crippen LogP) is 0.655. The van der Waals surface area contributed by atoms with E-state index < -0.39 is 29.5 Å². The van der Waals surface area contributed by atoms with E-state index in [-0.39, 0.29) is 31.4 Å². The van der Waals surface area contributed by atoms with Crippen molar-refractivity contribution in [3.63, 3.8) is 0 Å². The summed E-state index contributed by atoms with van der Waals surface area (Å²) in [6, 6.07) is 15.5. The van der Waals surface area contributed by atoms with Gasteiger partial charge >= 0.3 is 0 Å². The summed E-state index contributed by atoms with van der Waals surface area (Å²) in [5.74, 6) is -0.692. The molecule has 2 aromatic rings. The quantitative estimate of drug-likeness (QED) is 0.262. The number of Topliss-reactive ketones (excluding diaryl/α,β-unsaturated/α-hetero) is 1. The molecule has 3 unspecified atom stereocenters. The number of carbonyl (C=O) groups is 4. The fourth-order valence-corrected chi connectivity index (χ4v) is 4.44. The lowest BCUT2D eigenvalue weighted by Gasteiger charge is -2.26. The standard InChI is InChI=1S/C24H34N4O7.C8H10O/c1-24(16-35-24)22(31)18(12-17-6-4-3-5-7-17)26-20(29)13-25-23(32)19(15-33-2)27-21(30)14-28-8-10-34-11-9-28;1-7-3-5-8(9-2)6-4-7/h3-7,18-19H,8-16H2,1-2H3,(H,25,32)(H,26,29)(H,27,30);3-6H,1-2H3. The van der Waals surface area contributed by atoms with Crippen LogP contribution in [0.15, 0.2) is 54.6 Å². The van der Waals surface area contributed by atoms with Gasteiger partial charge in [0.1, 0.15) is 17.4 Å². The largest absolute Gasteiger partial charge is 0.497 e. The zero-order valence-electron chi connectivity index (χ0n) is 25.9. The van der Waals surface area contributed by atoms with Crippen molar-refractivity contribution in [2.24, 2.45) is 0 Å². The highest BCUT2D eigenvalue weighted by atomic mass is 16.6. The highest BCUT2D eigenvalue weighted by Gasteiger charge is 2.50. The summed E-state index contributed by atoms with van der Waals surface area (Å²) >= 11 is 0. The molecular formula is C32H44N4O8. The molecule has 44 heavy (non-hydrogen) atoms. The maximum Gasteiger partial charge on any atom is 0.245 e. The van der Waals surface area contributed by atoms with Gasteiger partial charge in [0, 0.05) is 20.2 Å². The highest BCUT2D eigenvalue weighted by molar-refractivity contribution is 5.97. The number of aryl methyl sites for hydroxylation is 1. The summed E-state index contributed by atoms with van der Waals surface area (Å²) in [6.07, 6.45) is 0.308. The van der Waals surface area contributed by atoms with E-state index in [9.17, 15) is 19.2 Å².